The van der Waals surface area contributed by atoms with E-state index in [4.69, 9.17) is 9.47 Å². The molecule has 2 rings (SSSR count). The minimum Gasteiger partial charge on any atom is -0.468 e. The van der Waals surface area contributed by atoms with E-state index in [-0.39, 0.29) is 23.1 Å². The predicted octanol–water partition coefficient (Wildman–Crippen LogP) is 3.85. The summed E-state index contributed by atoms with van der Waals surface area (Å²) in [7, 11) is 1.26. The zero-order valence-corrected chi connectivity index (χ0v) is 20.7. The number of esters is 2. The van der Waals surface area contributed by atoms with Crippen molar-refractivity contribution in [2.24, 2.45) is 10.9 Å². The molecule has 0 aromatic heterocycles. The van der Waals surface area contributed by atoms with E-state index in [0.29, 0.717) is 43.0 Å². The monoisotopic (exact) mass is 487 g/mol. The van der Waals surface area contributed by atoms with Gasteiger partial charge in [0.15, 0.2) is 0 Å². The minimum atomic E-state index is -0.880. The van der Waals surface area contributed by atoms with E-state index in [9.17, 15) is 24.5 Å². The van der Waals surface area contributed by atoms with Crippen LogP contribution in [0.15, 0.2) is 40.5 Å². The van der Waals surface area contributed by atoms with Crippen LogP contribution in [0.1, 0.15) is 64.4 Å². The van der Waals surface area contributed by atoms with Crippen LogP contribution in [-0.4, -0.2) is 48.7 Å². The lowest BCUT2D eigenvalue weighted by Gasteiger charge is -2.31. The van der Waals surface area contributed by atoms with Crippen molar-refractivity contribution < 1.29 is 28.8 Å². The quantitative estimate of drug-likeness (QED) is 0.205. The van der Waals surface area contributed by atoms with Crippen molar-refractivity contribution in [2.75, 3.05) is 20.3 Å². The summed E-state index contributed by atoms with van der Waals surface area (Å²) in [6.07, 6.45) is 3.48. The van der Waals surface area contributed by atoms with Gasteiger partial charge >= 0.3 is 11.9 Å². The first-order chi connectivity index (χ1) is 16.7. The van der Waals surface area contributed by atoms with Crippen LogP contribution in [0.2, 0.25) is 0 Å². The molecule has 0 saturated heterocycles. The first-order valence-corrected chi connectivity index (χ1v) is 11.7. The highest BCUT2D eigenvalue weighted by Crippen LogP contribution is 2.40. The van der Waals surface area contributed by atoms with Crippen molar-refractivity contribution in [3.05, 3.63) is 51.2 Å². The van der Waals surface area contributed by atoms with E-state index in [1.54, 1.807) is 26.8 Å². The van der Waals surface area contributed by atoms with Crippen molar-refractivity contribution in [3.63, 3.8) is 0 Å². The fraction of sp³-hybridized carbons (Fsp3) is 0.520. The first kappa shape index (κ1) is 27.7. The number of hydrogen-bond acceptors (Lipinski definition) is 8. The summed E-state index contributed by atoms with van der Waals surface area (Å²) in [5.74, 6) is -2.81. The Morgan fingerprint density at radius 3 is 2.51 bits per heavy atom. The molecule has 1 heterocycles. The van der Waals surface area contributed by atoms with Crippen LogP contribution in [0.4, 0.5) is 5.69 Å². The van der Waals surface area contributed by atoms with E-state index >= 15 is 0 Å². The zero-order chi connectivity index (χ0) is 26.0. The molecule has 10 nitrogen and oxygen atoms in total. The number of nitro groups is 1. The van der Waals surface area contributed by atoms with Gasteiger partial charge in [-0.15, -0.1) is 0 Å². The third-order valence-electron chi connectivity index (χ3n) is 5.87. The summed E-state index contributed by atoms with van der Waals surface area (Å²) in [6.45, 7) is 5.92. The number of carbonyl (C=O) groups excluding carboxylic acids is 3. The van der Waals surface area contributed by atoms with Crippen LogP contribution in [0.3, 0.4) is 0 Å². The second kappa shape index (κ2) is 13.4. The fourth-order valence-corrected chi connectivity index (χ4v) is 4.24. The Kier molecular flexibility index (Phi) is 10.6. The number of ether oxygens (including phenoxy) is 2. The van der Waals surface area contributed by atoms with Gasteiger partial charge in [0.1, 0.15) is 5.92 Å². The maximum absolute atomic E-state index is 13.2. The molecule has 35 heavy (non-hydrogen) atoms. The number of methoxy groups -OCH3 is 1. The number of aliphatic imine (C=N–C) groups is 1. The standard InChI is InChI=1S/C25H33N3O7/c1-5-35-20(29)13-8-6-7-9-14-26-24(30)21-16(2)27-17(3)22(25(31)34-4)23(21)18-11-10-12-19(15-18)28(32)33/h10-12,15,22-23H,5-9,13-14H2,1-4H3,(H,26,30). The highest BCUT2D eigenvalue weighted by Gasteiger charge is 2.41. The van der Waals surface area contributed by atoms with Crippen LogP contribution < -0.4 is 5.32 Å². The van der Waals surface area contributed by atoms with Crippen LogP contribution in [0.25, 0.3) is 0 Å². The molecule has 1 N–H and O–H groups in total. The summed E-state index contributed by atoms with van der Waals surface area (Å²) in [4.78, 5) is 52.6. The Hall–Kier alpha value is -3.56. The second-order valence-corrected chi connectivity index (χ2v) is 8.31. The van der Waals surface area contributed by atoms with E-state index in [2.05, 4.69) is 10.3 Å². The van der Waals surface area contributed by atoms with Crippen molar-refractivity contribution in [2.45, 2.75) is 58.8 Å². The lowest BCUT2D eigenvalue weighted by molar-refractivity contribution is -0.384. The van der Waals surface area contributed by atoms with Gasteiger partial charge in [-0.3, -0.25) is 29.5 Å². The molecule has 1 aliphatic rings. The molecule has 0 fully saturated rings. The Morgan fingerprint density at radius 2 is 1.86 bits per heavy atom. The molecule has 1 amide bonds. The third kappa shape index (κ3) is 7.46. The number of benzene rings is 1. The molecule has 0 aliphatic carbocycles. The van der Waals surface area contributed by atoms with Gasteiger partial charge in [-0.2, -0.15) is 0 Å². The normalized spacial score (nSPS) is 17.4. The van der Waals surface area contributed by atoms with Gasteiger partial charge in [-0.05, 0) is 39.2 Å². The van der Waals surface area contributed by atoms with Gasteiger partial charge in [0.25, 0.3) is 5.69 Å². The van der Waals surface area contributed by atoms with E-state index in [1.807, 2.05) is 0 Å². The molecule has 0 spiro atoms. The molecule has 0 radical (unpaired) electrons. The van der Waals surface area contributed by atoms with Crippen LogP contribution >= 0.6 is 0 Å². The number of unbranched alkanes of at least 4 members (excludes halogenated alkanes) is 3. The summed E-state index contributed by atoms with van der Waals surface area (Å²) in [5, 5.41) is 14.2. The molecule has 190 valence electrons. The van der Waals surface area contributed by atoms with Crippen LogP contribution in [0, 0.1) is 16.0 Å². The van der Waals surface area contributed by atoms with Crippen LogP contribution in [-0.2, 0) is 23.9 Å². The molecule has 1 aromatic rings. The van der Waals surface area contributed by atoms with Gasteiger partial charge in [-0.1, -0.05) is 25.0 Å². The molecular weight excluding hydrogens is 454 g/mol. The average Bonchev–Trinajstić information content (AvgIpc) is 2.82. The highest BCUT2D eigenvalue weighted by atomic mass is 16.6. The number of carbonyl (C=O) groups is 3. The summed E-state index contributed by atoms with van der Waals surface area (Å²) in [6, 6.07) is 5.93. The van der Waals surface area contributed by atoms with E-state index < -0.39 is 22.7 Å². The van der Waals surface area contributed by atoms with Gasteiger partial charge in [0, 0.05) is 48.0 Å². The lowest BCUT2D eigenvalue weighted by Crippen LogP contribution is -2.39. The summed E-state index contributed by atoms with van der Waals surface area (Å²) in [5.41, 5.74) is 1.54. The maximum Gasteiger partial charge on any atom is 0.315 e. The topological polar surface area (TPSA) is 137 Å². The molecular formula is C25H33N3O7. The van der Waals surface area contributed by atoms with Gasteiger partial charge in [-0.25, -0.2) is 0 Å². The van der Waals surface area contributed by atoms with Crippen molar-refractivity contribution in [1.29, 1.82) is 0 Å². The number of hydrogen-bond donors (Lipinski definition) is 1. The predicted molar refractivity (Wildman–Crippen MR) is 130 cm³/mol. The second-order valence-electron chi connectivity index (χ2n) is 8.31. The van der Waals surface area contributed by atoms with Crippen molar-refractivity contribution >= 4 is 29.2 Å². The first-order valence-electron chi connectivity index (χ1n) is 11.7. The zero-order valence-electron chi connectivity index (χ0n) is 20.7. The Bertz CT molecular complexity index is 1020. The summed E-state index contributed by atoms with van der Waals surface area (Å²) >= 11 is 0. The number of nitrogens with zero attached hydrogens (tertiary/aromatic N) is 2. The average molecular weight is 488 g/mol. The smallest absolute Gasteiger partial charge is 0.315 e. The number of rotatable bonds is 12. The van der Waals surface area contributed by atoms with Crippen molar-refractivity contribution in [3.8, 4) is 0 Å². The maximum atomic E-state index is 13.2. The Labute approximate surface area is 204 Å². The number of amides is 1. The number of nitrogens with one attached hydrogen (secondary N) is 1. The Balaban J connectivity index is 2.16. The Morgan fingerprint density at radius 1 is 1.14 bits per heavy atom. The number of non-ortho nitro benzene ring substituents is 1. The van der Waals surface area contributed by atoms with Gasteiger partial charge in [0.05, 0.1) is 18.6 Å². The largest absolute Gasteiger partial charge is 0.468 e. The molecule has 1 aliphatic heterocycles. The molecule has 10 heteroatoms. The minimum absolute atomic E-state index is 0.133. The molecule has 0 bridgehead atoms. The number of nitro benzene ring substituents is 1. The lowest BCUT2D eigenvalue weighted by atomic mass is 9.75. The van der Waals surface area contributed by atoms with Crippen LogP contribution in [0.5, 0.6) is 0 Å². The number of allylic oxidation sites excluding steroid dienone is 1. The third-order valence-corrected chi connectivity index (χ3v) is 5.87. The van der Waals surface area contributed by atoms with Gasteiger partial charge in [0.2, 0.25) is 5.91 Å². The molecule has 0 saturated carbocycles. The van der Waals surface area contributed by atoms with E-state index in [1.165, 1.54) is 25.3 Å². The SMILES string of the molecule is CCOC(=O)CCCCCCNC(=O)C1=C(C)N=C(C)C(C(=O)OC)C1c1cccc([N+](=O)[O-])c1. The van der Waals surface area contributed by atoms with E-state index in [0.717, 1.165) is 19.3 Å². The summed E-state index contributed by atoms with van der Waals surface area (Å²) < 4.78 is 9.88. The molecule has 2 atom stereocenters. The highest BCUT2D eigenvalue weighted by molar-refractivity contribution is 6.07. The van der Waals surface area contributed by atoms with Crippen molar-refractivity contribution in [1.82, 2.24) is 5.32 Å². The van der Waals surface area contributed by atoms with Gasteiger partial charge < -0.3 is 14.8 Å². The molecule has 2 unspecified atom stereocenters. The molecule has 1 aromatic carbocycles. The fourth-order valence-electron chi connectivity index (χ4n) is 4.24.